The Labute approximate surface area is 55.1 Å². The van der Waals surface area contributed by atoms with E-state index in [4.69, 9.17) is 0 Å². The van der Waals surface area contributed by atoms with Crippen molar-refractivity contribution in [1.82, 2.24) is 4.98 Å². The SMILES string of the molecule is CC1CCc2cc[nH]c21. The molecule has 9 heavy (non-hydrogen) atoms. The van der Waals surface area contributed by atoms with E-state index < -0.39 is 0 Å². The minimum absolute atomic E-state index is 0.773. The van der Waals surface area contributed by atoms with E-state index in [1.807, 2.05) is 6.20 Å². The number of nitrogens with one attached hydrogen (secondary N) is 1. The minimum atomic E-state index is 0.773. The van der Waals surface area contributed by atoms with Crippen LogP contribution in [0.25, 0.3) is 0 Å². The normalized spacial score (nSPS) is 24.3. The van der Waals surface area contributed by atoms with Crippen molar-refractivity contribution in [3.05, 3.63) is 23.5 Å². The molecule has 0 aliphatic heterocycles. The van der Waals surface area contributed by atoms with E-state index >= 15 is 0 Å². The third-order valence-electron chi connectivity index (χ3n) is 2.21. The highest BCUT2D eigenvalue weighted by atomic mass is 14.7. The topological polar surface area (TPSA) is 15.8 Å². The van der Waals surface area contributed by atoms with Crippen molar-refractivity contribution in [2.75, 3.05) is 0 Å². The summed E-state index contributed by atoms with van der Waals surface area (Å²) in [7, 11) is 0. The Morgan fingerprint density at radius 1 is 1.67 bits per heavy atom. The first-order valence-electron chi connectivity index (χ1n) is 3.54. The van der Waals surface area contributed by atoms with Crippen molar-refractivity contribution in [2.45, 2.75) is 25.7 Å². The van der Waals surface area contributed by atoms with Crippen LogP contribution in [0, 0.1) is 0 Å². The van der Waals surface area contributed by atoms with Crippen LogP contribution in [0.4, 0.5) is 0 Å². The first kappa shape index (κ1) is 5.10. The molecule has 1 nitrogen and oxygen atoms in total. The molecule has 0 radical (unpaired) electrons. The van der Waals surface area contributed by atoms with E-state index in [2.05, 4.69) is 18.0 Å². The third-order valence-corrected chi connectivity index (χ3v) is 2.21. The van der Waals surface area contributed by atoms with Crippen molar-refractivity contribution >= 4 is 0 Å². The van der Waals surface area contributed by atoms with Gasteiger partial charge in [0.2, 0.25) is 0 Å². The fraction of sp³-hybridized carbons (Fsp3) is 0.500. The van der Waals surface area contributed by atoms with Crippen molar-refractivity contribution < 1.29 is 0 Å². The van der Waals surface area contributed by atoms with Crippen LogP contribution in [-0.2, 0) is 6.42 Å². The molecule has 0 saturated heterocycles. The Hall–Kier alpha value is -0.720. The average molecular weight is 121 g/mol. The van der Waals surface area contributed by atoms with Gasteiger partial charge in [-0.25, -0.2) is 0 Å². The third kappa shape index (κ3) is 0.607. The van der Waals surface area contributed by atoms with Crippen LogP contribution in [0.2, 0.25) is 0 Å². The maximum atomic E-state index is 3.27. The number of H-pyrrole nitrogens is 1. The van der Waals surface area contributed by atoms with Gasteiger partial charge in [0.25, 0.3) is 0 Å². The Balaban J connectivity index is 2.49. The minimum Gasteiger partial charge on any atom is -0.365 e. The molecule has 2 rings (SSSR count). The van der Waals surface area contributed by atoms with E-state index in [1.54, 1.807) is 0 Å². The first-order chi connectivity index (χ1) is 4.38. The lowest BCUT2D eigenvalue weighted by Gasteiger charge is -1.97. The fourth-order valence-electron chi connectivity index (χ4n) is 1.61. The Morgan fingerprint density at radius 2 is 2.56 bits per heavy atom. The van der Waals surface area contributed by atoms with Gasteiger partial charge in [0.05, 0.1) is 0 Å². The summed E-state index contributed by atoms with van der Waals surface area (Å²) in [5, 5.41) is 0. The first-order valence-corrected chi connectivity index (χ1v) is 3.54. The lowest BCUT2D eigenvalue weighted by molar-refractivity contribution is 0.729. The fourth-order valence-corrected chi connectivity index (χ4v) is 1.61. The van der Waals surface area contributed by atoms with Crippen LogP contribution in [0.3, 0.4) is 0 Å². The smallest absolute Gasteiger partial charge is 0.0208 e. The highest BCUT2D eigenvalue weighted by molar-refractivity contribution is 5.28. The summed E-state index contributed by atoms with van der Waals surface area (Å²) in [5.41, 5.74) is 3.00. The largest absolute Gasteiger partial charge is 0.365 e. The molecular weight excluding hydrogens is 110 g/mol. The quantitative estimate of drug-likeness (QED) is 0.540. The lowest BCUT2D eigenvalue weighted by atomic mass is 10.1. The van der Waals surface area contributed by atoms with E-state index in [0.29, 0.717) is 0 Å². The molecule has 1 atom stereocenters. The second kappa shape index (κ2) is 1.63. The summed E-state index contributed by atoms with van der Waals surface area (Å²) < 4.78 is 0. The van der Waals surface area contributed by atoms with Crippen LogP contribution >= 0.6 is 0 Å². The van der Waals surface area contributed by atoms with Crippen molar-refractivity contribution in [1.29, 1.82) is 0 Å². The number of hydrogen-bond acceptors (Lipinski definition) is 0. The molecule has 1 aromatic heterocycles. The molecule has 1 heterocycles. The maximum absolute atomic E-state index is 3.27. The van der Waals surface area contributed by atoms with Gasteiger partial charge in [-0.1, -0.05) is 6.92 Å². The molecule has 1 N–H and O–H groups in total. The Kier molecular flexibility index (Phi) is 0.922. The predicted molar refractivity (Wildman–Crippen MR) is 37.5 cm³/mol. The van der Waals surface area contributed by atoms with Crippen molar-refractivity contribution in [3.8, 4) is 0 Å². The molecule has 0 spiro atoms. The zero-order chi connectivity index (χ0) is 6.27. The van der Waals surface area contributed by atoms with Gasteiger partial charge in [0.1, 0.15) is 0 Å². The summed E-state index contributed by atoms with van der Waals surface area (Å²) >= 11 is 0. The monoisotopic (exact) mass is 121 g/mol. The van der Waals surface area contributed by atoms with Gasteiger partial charge in [0.15, 0.2) is 0 Å². The van der Waals surface area contributed by atoms with Crippen LogP contribution in [0.15, 0.2) is 12.3 Å². The molecule has 0 saturated carbocycles. The van der Waals surface area contributed by atoms with E-state index in [-0.39, 0.29) is 0 Å². The molecular formula is C8H11N. The molecule has 0 amide bonds. The highest BCUT2D eigenvalue weighted by Crippen LogP contribution is 2.30. The van der Waals surface area contributed by atoms with Gasteiger partial charge in [0, 0.05) is 11.9 Å². The van der Waals surface area contributed by atoms with E-state index in [9.17, 15) is 0 Å². The lowest BCUT2D eigenvalue weighted by Crippen LogP contribution is -1.84. The Morgan fingerprint density at radius 3 is 3.33 bits per heavy atom. The van der Waals surface area contributed by atoms with Crippen molar-refractivity contribution in [2.24, 2.45) is 0 Å². The zero-order valence-electron chi connectivity index (χ0n) is 5.65. The average Bonchev–Trinajstić information content (AvgIpc) is 2.35. The summed E-state index contributed by atoms with van der Waals surface area (Å²) in [6.07, 6.45) is 4.66. The second-order valence-corrected chi connectivity index (χ2v) is 2.86. The van der Waals surface area contributed by atoms with Gasteiger partial charge in [-0.3, -0.25) is 0 Å². The molecule has 48 valence electrons. The van der Waals surface area contributed by atoms with Crippen LogP contribution in [-0.4, -0.2) is 4.98 Å². The number of rotatable bonds is 0. The number of aromatic nitrogens is 1. The number of aryl methyl sites for hydroxylation is 1. The van der Waals surface area contributed by atoms with Gasteiger partial charge >= 0.3 is 0 Å². The van der Waals surface area contributed by atoms with Crippen molar-refractivity contribution in [3.63, 3.8) is 0 Å². The zero-order valence-corrected chi connectivity index (χ0v) is 5.65. The molecule has 1 aliphatic rings. The Bertz CT molecular complexity index is 212. The molecule has 0 bridgehead atoms. The standard InChI is InChI=1S/C8H11N/c1-6-2-3-7-4-5-9-8(6)7/h4-6,9H,2-3H2,1H3. The van der Waals surface area contributed by atoms with E-state index in [0.717, 1.165) is 5.92 Å². The van der Waals surface area contributed by atoms with Crippen LogP contribution in [0.5, 0.6) is 0 Å². The van der Waals surface area contributed by atoms with Gasteiger partial charge in [-0.15, -0.1) is 0 Å². The van der Waals surface area contributed by atoms with E-state index in [1.165, 1.54) is 24.1 Å². The molecule has 0 fully saturated rings. The van der Waals surface area contributed by atoms with Gasteiger partial charge < -0.3 is 4.98 Å². The molecule has 1 aromatic rings. The number of aromatic amines is 1. The summed E-state index contributed by atoms with van der Waals surface area (Å²) in [5.74, 6) is 0.773. The predicted octanol–water partition coefficient (Wildman–Crippen LogP) is 2.06. The summed E-state index contributed by atoms with van der Waals surface area (Å²) in [6.45, 7) is 2.28. The summed E-state index contributed by atoms with van der Waals surface area (Å²) in [4.78, 5) is 3.27. The highest BCUT2D eigenvalue weighted by Gasteiger charge is 2.18. The number of fused-ring (bicyclic) bond motifs is 1. The number of hydrogen-bond donors (Lipinski definition) is 1. The molecule has 1 unspecified atom stereocenters. The molecule has 1 aliphatic carbocycles. The molecule has 1 heteroatoms. The summed E-state index contributed by atoms with van der Waals surface area (Å²) in [6, 6.07) is 2.19. The van der Waals surface area contributed by atoms with Gasteiger partial charge in [-0.2, -0.15) is 0 Å². The van der Waals surface area contributed by atoms with Gasteiger partial charge in [-0.05, 0) is 30.4 Å². The maximum Gasteiger partial charge on any atom is 0.0208 e. The van der Waals surface area contributed by atoms with Crippen LogP contribution < -0.4 is 0 Å². The second-order valence-electron chi connectivity index (χ2n) is 2.86. The molecule has 0 aromatic carbocycles. The van der Waals surface area contributed by atoms with Crippen LogP contribution in [0.1, 0.15) is 30.5 Å².